The summed E-state index contributed by atoms with van der Waals surface area (Å²) < 4.78 is 13.7. The first-order chi connectivity index (χ1) is 19.1. The molecule has 0 saturated carbocycles. The highest BCUT2D eigenvalue weighted by Crippen LogP contribution is 2.19. The molecule has 212 valence electrons. The fourth-order valence-electron chi connectivity index (χ4n) is 4.60. The largest absolute Gasteiger partial charge is 0.494 e. The Kier molecular flexibility index (Phi) is 14.5. The third kappa shape index (κ3) is 13.2. The summed E-state index contributed by atoms with van der Waals surface area (Å²) in [7, 11) is 0. The molecule has 1 amide bonds. The van der Waals surface area contributed by atoms with Crippen molar-refractivity contribution >= 4 is 22.9 Å². The number of hydrogen-bond donors (Lipinski definition) is 1. The zero-order valence-corrected chi connectivity index (χ0v) is 24.8. The molecule has 3 aromatic rings. The lowest BCUT2D eigenvalue weighted by atomic mass is 10.1. The van der Waals surface area contributed by atoms with Gasteiger partial charge in [0.05, 0.1) is 11.5 Å². The van der Waals surface area contributed by atoms with E-state index in [1.807, 2.05) is 42.5 Å². The van der Waals surface area contributed by atoms with Crippen molar-refractivity contribution in [3.05, 3.63) is 70.7 Å². The smallest absolute Gasteiger partial charge is 0.262 e. The van der Waals surface area contributed by atoms with Gasteiger partial charge in [0.15, 0.2) is 19.3 Å². The second-order valence-electron chi connectivity index (χ2n) is 10.4. The van der Waals surface area contributed by atoms with Crippen LogP contribution in [0.15, 0.2) is 60.2 Å². The molecule has 0 aliphatic heterocycles. The third-order valence-electron chi connectivity index (χ3n) is 6.76. The predicted octanol–water partition coefficient (Wildman–Crippen LogP) is 8.49. The van der Waals surface area contributed by atoms with E-state index in [2.05, 4.69) is 41.5 Å². The van der Waals surface area contributed by atoms with Crippen LogP contribution >= 0.6 is 11.3 Å². The lowest BCUT2D eigenvalue weighted by molar-refractivity contribution is -0.683. The van der Waals surface area contributed by atoms with Crippen LogP contribution in [0.2, 0.25) is 0 Å². The molecule has 0 spiro atoms. The first-order valence-corrected chi connectivity index (χ1v) is 15.7. The average Bonchev–Trinajstić information content (AvgIpc) is 3.35. The molecule has 0 fully saturated rings. The van der Waals surface area contributed by atoms with E-state index in [0.29, 0.717) is 5.75 Å². The van der Waals surface area contributed by atoms with E-state index in [-0.39, 0.29) is 12.5 Å². The molecule has 0 aliphatic rings. The number of benzene rings is 2. The van der Waals surface area contributed by atoms with Crippen LogP contribution in [0, 0.1) is 6.92 Å². The Morgan fingerprint density at radius 1 is 0.821 bits per heavy atom. The van der Waals surface area contributed by atoms with Gasteiger partial charge < -0.3 is 14.8 Å². The second-order valence-corrected chi connectivity index (χ2v) is 11.5. The van der Waals surface area contributed by atoms with Gasteiger partial charge in [-0.2, -0.15) is 4.57 Å². The summed E-state index contributed by atoms with van der Waals surface area (Å²) in [6.45, 7) is 5.85. The minimum absolute atomic E-state index is 0.0399. The molecule has 39 heavy (non-hydrogen) atoms. The summed E-state index contributed by atoms with van der Waals surface area (Å²) in [5, 5.41) is 2.93. The molecule has 0 radical (unpaired) electrons. The van der Waals surface area contributed by atoms with Crippen LogP contribution in [0.1, 0.15) is 94.4 Å². The molecular weight excluding hydrogens is 504 g/mol. The van der Waals surface area contributed by atoms with Crippen LogP contribution in [0.4, 0.5) is 5.69 Å². The van der Waals surface area contributed by atoms with Crippen LogP contribution < -0.4 is 19.4 Å². The highest BCUT2D eigenvalue weighted by atomic mass is 32.1. The molecule has 0 saturated heterocycles. The summed E-state index contributed by atoms with van der Waals surface area (Å²) in [5.74, 6) is 1.31. The van der Waals surface area contributed by atoms with Crippen molar-refractivity contribution in [2.45, 2.75) is 97.4 Å². The van der Waals surface area contributed by atoms with Gasteiger partial charge >= 0.3 is 0 Å². The second kappa shape index (κ2) is 18.4. The number of thiazole rings is 1. The fourth-order valence-corrected chi connectivity index (χ4v) is 5.23. The molecule has 1 N–H and O–H groups in total. The number of anilines is 1. The van der Waals surface area contributed by atoms with Crippen LogP contribution in [-0.2, 0) is 11.3 Å². The molecular formula is C33H47N2O3S+. The lowest BCUT2D eigenvalue weighted by Gasteiger charge is -2.10. The number of aromatic nitrogens is 1. The summed E-state index contributed by atoms with van der Waals surface area (Å²) in [6, 6.07) is 15.4. The number of unbranched alkanes of at least 4 members (excludes halogenated alkanes) is 11. The minimum atomic E-state index is -0.182. The van der Waals surface area contributed by atoms with Crippen molar-refractivity contribution < 1.29 is 18.8 Å². The summed E-state index contributed by atoms with van der Waals surface area (Å²) >= 11 is 1.72. The Morgan fingerprint density at radius 3 is 2.05 bits per heavy atom. The molecule has 5 nitrogen and oxygen atoms in total. The van der Waals surface area contributed by atoms with Crippen LogP contribution in [0.5, 0.6) is 11.5 Å². The van der Waals surface area contributed by atoms with Gasteiger partial charge in [0.2, 0.25) is 5.51 Å². The molecule has 0 atom stereocenters. The average molecular weight is 552 g/mol. The number of carbonyl (C=O) groups is 1. The first kappa shape index (κ1) is 30.7. The van der Waals surface area contributed by atoms with Crippen molar-refractivity contribution in [1.29, 1.82) is 0 Å². The van der Waals surface area contributed by atoms with Gasteiger partial charge in [0, 0.05) is 11.3 Å². The SMILES string of the molecule is CCCCCCCCCCCCCCOc1ccc(OCC(=O)Nc2cccc(C[n+]3csc(C)c3)c2)cc1. The van der Waals surface area contributed by atoms with Crippen molar-refractivity contribution in [2.24, 2.45) is 0 Å². The highest BCUT2D eigenvalue weighted by Gasteiger charge is 2.08. The maximum Gasteiger partial charge on any atom is 0.262 e. The van der Waals surface area contributed by atoms with E-state index in [4.69, 9.17) is 9.47 Å². The van der Waals surface area contributed by atoms with Gasteiger partial charge in [-0.05, 0) is 49.7 Å². The van der Waals surface area contributed by atoms with Crippen LogP contribution in [0.25, 0.3) is 0 Å². The zero-order valence-electron chi connectivity index (χ0n) is 24.0. The number of aryl methyl sites for hydroxylation is 1. The maximum atomic E-state index is 12.4. The van der Waals surface area contributed by atoms with E-state index < -0.39 is 0 Å². The van der Waals surface area contributed by atoms with Gasteiger partial charge in [0.25, 0.3) is 5.91 Å². The summed E-state index contributed by atoms with van der Waals surface area (Å²) in [4.78, 5) is 13.7. The zero-order chi connectivity index (χ0) is 27.5. The maximum absolute atomic E-state index is 12.4. The molecule has 0 unspecified atom stereocenters. The lowest BCUT2D eigenvalue weighted by Crippen LogP contribution is -2.30. The van der Waals surface area contributed by atoms with E-state index in [9.17, 15) is 4.79 Å². The van der Waals surface area contributed by atoms with E-state index in [1.54, 1.807) is 11.3 Å². The predicted molar refractivity (Wildman–Crippen MR) is 162 cm³/mol. The quantitative estimate of drug-likeness (QED) is 0.113. The Balaban J connectivity index is 1.23. The molecule has 0 bridgehead atoms. The number of hydrogen-bond acceptors (Lipinski definition) is 4. The summed E-state index contributed by atoms with van der Waals surface area (Å²) in [6.07, 6.45) is 18.2. The Bertz CT molecular complexity index is 1080. The number of nitrogens with one attached hydrogen (secondary N) is 1. The minimum Gasteiger partial charge on any atom is -0.494 e. The standard InChI is InChI=1S/C33H46N2O3S/c1-3-4-5-6-7-8-9-10-11-12-13-14-22-37-31-18-20-32(21-19-31)38-26-33(36)34-30-17-15-16-29(23-30)25-35-24-28(2)39-27-35/h15-21,23-24,27H,3-14,22,25-26H2,1-2H3/p+1. The Morgan fingerprint density at radius 2 is 1.44 bits per heavy atom. The topological polar surface area (TPSA) is 51.4 Å². The third-order valence-corrected chi connectivity index (χ3v) is 7.61. The Labute approximate surface area is 239 Å². The number of ether oxygens (including phenoxy) is 2. The normalized spacial score (nSPS) is 10.9. The van der Waals surface area contributed by atoms with Crippen molar-refractivity contribution in [3.8, 4) is 11.5 Å². The number of carbonyl (C=O) groups excluding carboxylic acids is 1. The van der Waals surface area contributed by atoms with Crippen molar-refractivity contribution in [1.82, 2.24) is 0 Å². The molecule has 2 aromatic carbocycles. The van der Waals surface area contributed by atoms with Gasteiger partial charge in [-0.25, -0.2) is 0 Å². The Hall–Kier alpha value is -2.86. The van der Waals surface area contributed by atoms with Gasteiger partial charge in [-0.3, -0.25) is 4.79 Å². The molecule has 1 heterocycles. The molecule has 0 aliphatic carbocycles. The van der Waals surface area contributed by atoms with Gasteiger partial charge in [-0.1, -0.05) is 101 Å². The monoisotopic (exact) mass is 551 g/mol. The number of amides is 1. The van der Waals surface area contributed by atoms with E-state index >= 15 is 0 Å². The van der Waals surface area contributed by atoms with Gasteiger partial charge in [-0.15, -0.1) is 0 Å². The molecule has 6 heteroatoms. The summed E-state index contributed by atoms with van der Waals surface area (Å²) in [5.41, 5.74) is 4.01. The van der Waals surface area contributed by atoms with Gasteiger partial charge in [0.1, 0.15) is 11.5 Å². The van der Waals surface area contributed by atoms with Crippen molar-refractivity contribution in [3.63, 3.8) is 0 Å². The van der Waals surface area contributed by atoms with E-state index in [0.717, 1.165) is 36.6 Å². The number of nitrogens with zero attached hydrogens (tertiary/aromatic N) is 1. The number of rotatable bonds is 20. The van der Waals surface area contributed by atoms with E-state index in [1.165, 1.54) is 75.5 Å². The van der Waals surface area contributed by atoms with Crippen LogP contribution in [0.3, 0.4) is 0 Å². The van der Waals surface area contributed by atoms with Crippen LogP contribution in [-0.4, -0.2) is 19.1 Å². The first-order valence-electron chi connectivity index (χ1n) is 14.8. The molecule has 3 rings (SSSR count). The van der Waals surface area contributed by atoms with Crippen molar-refractivity contribution in [2.75, 3.05) is 18.5 Å². The molecule has 1 aromatic heterocycles. The highest BCUT2D eigenvalue weighted by molar-refractivity contribution is 7.09. The fraction of sp³-hybridized carbons (Fsp3) is 0.515.